The minimum atomic E-state index is -1.01. The molecule has 0 fully saturated rings. The SMILES string of the molecule is COc1cc(C(=O)OCC(=O)NCc2cccs2)c([N+](=O)[O-])cc1OC. The van der Waals surface area contributed by atoms with Crippen molar-refractivity contribution < 1.29 is 28.7 Å². The standard InChI is InChI=1S/C16H16N2O7S/c1-23-13-6-11(12(18(21)22)7-14(13)24-2)16(20)25-9-15(19)17-8-10-4-3-5-26-10/h3-7H,8-9H2,1-2H3,(H,17,19). The summed E-state index contributed by atoms with van der Waals surface area (Å²) < 4.78 is 14.9. The van der Waals surface area contributed by atoms with Crippen LogP contribution in [0.1, 0.15) is 15.2 Å². The Hall–Kier alpha value is -3.14. The average molecular weight is 380 g/mol. The second kappa shape index (κ2) is 8.81. The van der Waals surface area contributed by atoms with Crippen LogP contribution < -0.4 is 14.8 Å². The lowest BCUT2D eigenvalue weighted by molar-refractivity contribution is -0.385. The van der Waals surface area contributed by atoms with Crippen LogP contribution in [0.15, 0.2) is 29.6 Å². The lowest BCUT2D eigenvalue weighted by atomic mass is 10.1. The van der Waals surface area contributed by atoms with E-state index in [2.05, 4.69) is 5.32 Å². The summed E-state index contributed by atoms with van der Waals surface area (Å²) in [4.78, 5) is 35.3. The van der Waals surface area contributed by atoms with Crippen molar-refractivity contribution in [3.8, 4) is 11.5 Å². The van der Waals surface area contributed by atoms with Crippen molar-refractivity contribution in [1.82, 2.24) is 5.32 Å². The molecule has 10 heteroatoms. The molecule has 2 aromatic rings. The predicted molar refractivity (Wildman–Crippen MR) is 92.6 cm³/mol. The number of amides is 1. The Balaban J connectivity index is 2.05. The number of esters is 1. The molecule has 1 aromatic carbocycles. The molecule has 138 valence electrons. The molecule has 2 rings (SSSR count). The Kier molecular flexibility index (Phi) is 6.50. The van der Waals surface area contributed by atoms with Crippen LogP contribution in [0.3, 0.4) is 0 Å². The summed E-state index contributed by atoms with van der Waals surface area (Å²) in [5.74, 6) is -1.30. The van der Waals surface area contributed by atoms with E-state index >= 15 is 0 Å². The molecule has 0 unspecified atom stereocenters. The van der Waals surface area contributed by atoms with Gasteiger partial charge in [-0.05, 0) is 11.4 Å². The summed E-state index contributed by atoms with van der Waals surface area (Å²) in [5, 5.41) is 15.6. The number of methoxy groups -OCH3 is 2. The van der Waals surface area contributed by atoms with Crippen molar-refractivity contribution in [2.45, 2.75) is 6.54 Å². The minimum absolute atomic E-state index is 0.101. The summed E-state index contributed by atoms with van der Waals surface area (Å²) >= 11 is 1.48. The summed E-state index contributed by atoms with van der Waals surface area (Å²) in [6, 6.07) is 5.90. The summed E-state index contributed by atoms with van der Waals surface area (Å²) in [6.07, 6.45) is 0. The van der Waals surface area contributed by atoms with Gasteiger partial charge in [0.2, 0.25) is 0 Å². The third-order valence-corrected chi connectivity index (χ3v) is 4.17. The van der Waals surface area contributed by atoms with Gasteiger partial charge in [-0.15, -0.1) is 11.3 Å². The first-order valence-corrected chi connectivity index (χ1v) is 8.20. The third kappa shape index (κ3) is 4.70. The lowest BCUT2D eigenvalue weighted by Crippen LogP contribution is -2.28. The molecule has 1 heterocycles. The number of thiophene rings is 1. The summed E-state index contributed by atoms with van der Waals surface area (Å²) in [7, 11) is 2.65. The van der Waals surface area contributed by atoms with Gasteiger partial charge in [-0.25, -0.2) is 4.79 Å². The smallest absolute Gasteiger partial charge is 0.345 e. The van der Waals surface area contributed by atoms with Crippen LogP contribution in [0.2, 0.25) is 0 Å². The number of rotatable bonds is 8. The van der Waals surface area contributed by atoms with Crippen molar-refractivity contribution >= 4 is 28.9 Å². The summed E-state index contributed by atoms with van der Waals surface area (Å²) in [6.45, 7) is -0.250. The number of benzene rings is 1. The maximum Gasteiger partial charge on any atom is 0.345 e. The highest BCUT2D eigenvalue weighted by Gasteiger charge is 2.26. The molecular formula is C16H16N2O7S. The molecule has 0 aliphatic carbocycles. The molecule has 0 saturated carbocycles. The number of ether oxygens (including phenoxy) is 3. The largest absolute Gasteiger partial charge is 0.493 e. The second-order valence-corrected chi connectivity index (χ2v) is 5.95. The normalized spacial score (nSPS) is 10.1. The molecule has 0 radical (unpaired) electrons. The van der Waals surface area contributed by atoms with E-state index < -0.39 is 29.1 Å². The van der Waals surface area contributed by atoms with Crippen LogP contribution in [0.25, 0.3) is 0 Å². The molecule has 0 atom stereocenters. The predicted octanol–water partition coefficient (Wildman–Crippen LogP) is 2.15. The van der Waals surface area contributed by atoms with Gasteiger partial charge >= 0.3 is 5.97 Å². The van der Waals surface area contributed by atoms with Gasteiger partial charge in [0, 0.05) is 10.9 Å². The Bertz CT molecular complexity index is 805. The Morgan fingerprint density at radius 3 is 2.50 bits per heavy atom. The first-order valence-electron chi connectivity index (χ1n) is 7.33. The highest BCUT2D eigenvalue weighted by molar-refractivity contribution is 7.09. The molecule has 0 saturated heterocycles. The lowest BCUT2D eigenvalue weighted by Gasteiger charge is -2.10. The maximum atomic E-state index is 12.2. The van der Waals surface area contributed by atoms with Crippen LogP contribution in [0, 0.1) is 10.1 Å². The molecule has 1 N–H and O–H groups in total. The van der Waals surface area contributed by atoms with E-state index in [0.717, 1.165) is 17.0 Å². The molecule has 9 nitrogen and oxygen atoms in total. The highest BCUT2D eigenvalue weighted by Crippen LogP contribution is 2.34. The van der Waals surface area contributed by atoms with Gasteiger partial charge in [-0.3, -0.25) is 14.9 Å². The molecule has 1 aromatic heterocycles. The Morgan fingerprint density at radius 1 is 1.23 bits per heavy atom. The topological polar surface area (TPSA) is 117 Å². The van der Waals surface area contributed by atoms with E-state index in [1.807, 2.05) is 17.5 Å². The van der Waals surface area contributed by atoms with E-state index in [1.165, 1.54) is 25.6 Å². The van der Waals surface area contributed by atoms with Crippen molar-refractivity contribution in [2.75, 3.05) is 20.8 Å². The second-order valence-electron chi connectivity index (χ2n) is 4.91. The number of carbonyl (C=O) groups is 2. The van der Waals surface area contributed by atoms with Gasteiger partial charge in [0.1, 0.15) is 5.56 Å². The van der Waals surface area contributed by atoms with Crippen molar-refractivity contribution in [3.63, 3.8) is 0 Å². The first-order chi connectivity index (χ1) is 12.5. The fourth-order valence-corrected chi connectivity index (χ4v) is 2.69. The highest BCUT2D eigenvalue weighted by atomic mass is 32.1. The van der Waals surface area contributed by atoms with Crippen LogP contribution in [0.5, 0.6) is 11.5 Å². The monoisotopic (exact) mass is 380 g/mol. The van der Waals surface area contributed by atoms with E-state index in [4.69, 9.17) is 14.2 Å². The van der Waals surface area contributed by atoms with E-state index in [0.29, 0.717) is 6.54 Å². The number of nitro groups is 1. The Labute approximate surface area is 152 Å². The Morgan fingerprint density at radius 2 is 1.92 bits per heavy atom. The molecule has 0 spiro atoms. The van der Waals surface area contributed by atoms with Gasteiger partial charge in [0.25, 0.3) is 11.6 Å². The zero-order valence-electron chi connectivity index (χ0n) is 14.0. The first kappa shape index (κ1) is 19.2. The minimum Gasteiger partial charge on any atom is -0.493 e. The van der Waals surface area contributed by atoms with Crippen LogP contribution in [0.4, 0.5) is 5.69 Å². The number of nitrogens with zero attached hydrogens (tertiary/aromatic N) is 1. The van der Waals surface area contributed by atoms with Crippen LogP contribution >= 0.6 is 11.3 Å². The van der Waals surface area contributed by atoms with Crippen LogP contribution in [-0.4, -0.2) is 37.6 Å². The number of hydrogen-bond acceptors (Lipinski definition) is 8. The van der Waals surface area contributed by atoms with Crippen molar-refractivity contribution in [3.05, 3.63) is 50.2 Å². The molecule has 0 aliphatic rings. The third-order valence-electron chi connectivity index (χ3n) is 3.29. The average Bonchev–Trinajstić information content (AvgIpc) is 3.16. The number of hydrogen-bond donors (Lipinski definition) is 1. The van der Waals surface area contributed by atoms with Gasteiger partial charge in [-0.1, -0.05) is 6.07 Å². The van der Waals surface area contributed by atoms with Crippen molar-refractivity contribution in [2.24, 2.45) is 0 Å². The summed E-state index contributed by atoms with van der Waals surface area (Å²) in [5.41, 5.74) is -0.842. The number of nitro benzene ring substituents is 1. The molecular weight excluding hydrogens is 364 g/mol. The fraction of sp³-hybridized carbons (Fsp3) is 0.250. The van der Waals surface area contributed by atoms with E-state index in [9.17, 15) is 19.7 Å². The van der Waals surface area contributed by atoms with Gasteiger partial charge in [0.15, 0.2) is 18.1 Å². The molecule has 0 bridgehead atoms. The van der Waals surface area contributed by atoms with Gasteiger partial charge < -0.3 is 19.5 Å². The van der Waals surface area contributed by atoms with Crippen molar-refractivity contribution in [1.29, 1.82) is 0 Å². The zero-order valence-corrected chi connectivity index (χ0v) is 14.8. The quantitative estimate of drug-likeness (QED) is 0.423. The maximum absolute atomic E-state index is 12.2. The zero-order chi connectivity index (χ0) is 19.1. The molecule has 1 amide bonds. The van der Waals surface area contributed by atoms with Gasteiger partial charge in [-0.2, -0.15) is 0 Å². The molecule has 0 aliphatic heterocycles. The van der Waals surface area contributed by atoms with Crippen LogP contribution in [-0.2, 0) is 16.1 Å². The van der Waals surface area contributed by atoms with Gasteiger partial charge in [0.05, 0.1) is 31.8 Å². The number of nitrogens with one attached hydrogen (secondary N) is 1. The number of carbonyl (C=O) groups excluding carboxylic acids is 2. The van der Waals surface area contributed by atoms with E-state index in [1.54, 1.807) is 0 Å². The van der Waals surface area contributed by atoms with E-state index in [-0.39, 0.29) is 17.1 Å². The molecule has 26 heavy (non-hydrogen) atoms. The fourth-order valence-electron chi connectivity index (χ4n) is 2.04.